The molecule has 0 spiro atoms. The van der Waals surface area contributed by atoms with E-state index < -0.39 is 0 Å². The van der Waals surface area contributed by atoms with Gasteiger partial charge in [0.25, 0.3) is 0 Å². The van der Waals surface area contributed by atoms with E-state index in [0.29, 0.717) is 6.54 Å². The van der Waals surface area contributed by atoms with Crippen LogP contribution in [0.25, 0.3) is 0 Å². The zero-order valence-corrected chi connectivity index (χ0v) is 10.7. The Labute approximate surface area is 97.1 Å². The molecule has 0 aliphatic carbocycles. The summed E-state index contributed by atoms with van der Waals surface area (Å²) >= 11 is 0. The third-order valence-corrected chi connectivity index (χ3v) is 2.01. The summed E-state index contributed by atoms with van der Waals surface area (Å²) in [6.45, 7) is 6.50. The molecule has 90 valence electrons. The van der Waals surface area contributed by atoms with Crippen molar-refractivity contribution in [2.75, 3.05) is 30.9 Å². The van der Waals surface area contributed by atoms with Crippen LogP contribution in [0.4, 0.5) is 11.6 Å². The number of nitrogens with one attached hydrogen (secondary N) is 1. The third kappa shape index (κ3) is 4.02. The highest BCUT2D eigenvalue weighted by Gasteiger charge is 2.11. The van der Waals surface area contributed by atoms with Gasteiger partial charge >= 0.3 is 0 Å². The molecule has 1 aromatic rings. The van der Waals surface area contributed by atoms with Crippen LogP contribution in [0.1, 0.15) is 19.7 Å². The SMILES string of the molecule is Cc1nc(NCC(C)(C)N)cc(N(C)C)n1. The molecule has 1 heterocycles. The van der Waals surface area contributed by atoms with Crippen molar-refractivity contribution in [3.8, 4) is 0 Å². The second kappa shape index (κ2) is 4.65. The molecule has 5 nitrogen and oxygen atoms in total. The maximum absolute atomic E-state index is 5.90. The Kier molecular flexibility index (Phi) is 3.70. The van der Waals surface area contributed by atoms with Crippen LogP contribution in [0, 0.1) is 6.92 Å². The third-order valence-electron chi connectivity index (χ3n) is 2.01. The number of hydrogen-bond acceptors (Lipinski definition) is 5. The van der Waals surface area contributed by atoms with Gasteiger partial charge in [-0.05, 0) is 20.8 Å². The maximum atomic E-state index is 5.90. The fraction of sp³-hybridized carbons (Fsp3) is 0.636. The van der Waals surface area contributed by atoms with Gasteiger partial charge in [-0.25, -0.2) is 9.97 Å². The lowest BCUT2D eigenvalue weighted by atomic mass is 10.1. The average Bonchev–Trinajstić information content (AvgIpc) is 2.13. The predicted octanol–water partition coefficient (Wildman–Crippen LogP) is 1.00. The molecule has 0 saturated carbocycles. The first kappa shape index (κ1) is 12.7. The van der Waals surface area contributed by atoms with Gasteiger partial charge in [-0.1, -0.05) is 0 Å². The first-order valence-corrected chi connectivity index (χ1v) is 5.34. The second-order valence-corrected chi connectivity index (χ2v) is 4.90. The van der Waals surface area contributed by atoms with Crippen LogP contribution in [0.3, 0.4) is 0 Å². The van der Waals surface area contributed by atoms with E-state index >= 15 is 0 Å². The van der Waals surface area contributed by atoms with Crippen LogP contribution < -0.4 is 16.0 Å². The highest BCUT2D eigenvalue weighted by atomic mass is 15.2. The summed E-state index contributed by atoms with van der Waals surface area (Å²) in [6.07, 6.45) is 0. The molecule has 1 aromatic heterocycles. The molecule has 0 saturated heterocycles. The minimum atomic E-state index is -0.253. The van der Waals surface area contributed by atoms with Gasteiger partial charge in [0.2, 0.25) is 0 Å². The molecular weight excluding hydrogens is 202 g/mol. The Balaban J connectivity index is 2.81. The number of hydrogen-bond donors (Lipinski definition) is 2. The summed E-state index contributed by atoms with van der Waals surface area (Å²) in [5, 5.41) is 3.22. The van der Waals surface area contributed by atoms with Crippen molar-refractivity contribution >= 4 is 11.6 Å². The highest BCUT2D eigenvalue weighted by Crippen LogP contribution is 2.13. The topological polar surface area (TPSA) is 67.1 Å². The van der Waals surface area contributed by atoms with Gasteiger partial charge in [0, 0.05) is 32.2 Å². The van der Waals surface area contributed by atoms with E-state index in [2.05, 4.69) is 15.3 Å². The zero-order valence-electron chi connectivity index (χ0n) is 10.7. The molecule has 0 bridgehead atoms. The van der Waals surface area contributed by atoms with Crippen molar-refractivity contribution in [2.45, 2.75) is 26.3 Å². The summed E-state index contributed by atoms with van der Waals surface area (Å²) in [7, 11) is 3.91. The Morgan fingerprint density at radius 2 is 2.00 bits per heavy atom. The highest BCUT2D eigenvalue weighted by molar-refractivity contribution is 5.48. The molecule has 1 rings (SSSR count). The minimum Gasteiger partial charge on any atom is -0.368 e. The molecule has 0 aliphatic heterocycles. The van der Waals surface area contributed by atoms with Gasteiger partial charge in [-0.2, -0.15) is 0 Å². The van der Waals surface area contributed by atoms with E-state index in [1.165, 1.54) is 0 Å². The van der Waals surface area contributed by atoms with Gasteiger partial charge in [0.1, 0.15) is 17.5 Å². The second-order valence-electron chi connectivity index (χ2n) is 4.90. The van der Waals surface area contributed by atoms with E-state index in [0.717, 1.165) is 17.5 Å². The first-order valence-electron chi connectivity index (χ1n) is 5.34. The number of anilines is 2. The Morgan fingerprint density at radius 1 is 1.38 bits per heavy atom. The number of nitrogens with zero attached hydrogens (tertiary/aromatic N) is 3. The monoisotopic (exact) mass is 223 g/mol. The molecule has 16 heavy (non-hydrogen) atoms. The Morgan fingerprint density at radius 3 is 2.50 bits per heavy atom. The molecule has 0 radical (unpaired) electrons. The van der Waals surface area contributed by atoms with Crippen LogP contribution in [0.5, 0.6) is 0 Å². The lowest BCUT2D eigenvalue weighted by molar-refractivity contribution is 0.548. The molecule has 0 amide bonds. The molecule has 5 heteroatoms. The maximum Gasteiger partial charge on any atom is 0.133 e. The van der Waals surface area contributed by atoms with Crippen molar-refractivity contribution in [2.24, 2.45) is 5.73 Å². The smallest absolute Gasteiger partial charge is 0.133 e. The summed E-state index contributed by atoms with van der Waals surface area (Å²) in [5.74, 6) is 2.46. The lowest BCUT2D eigenvalue weighted by Gasteiger charge is -2.20. The van der Waals surface area contributed by atoms with E-state index in [4.69, 9.17) is 5.73 Å². The molecule has 0 unspecified atom stereocenters. The van der Waals surface area contributed by atoms with E-state index in [1.807, 2.05) is 45.8 Å². The largest absolute Gasteiger partial charge is 0.368 e. The Hall–Kier alpha value is -1.36. The van der Waals surface area contributed by atoms with Crippen LogP contribution in [-0.2, 0) is 0 Å². The van der Waals surface area contributed by atoms with E-state index in [9.17, 15) is 0 Å². The Bertz CT molecular complexity index is 354. The van der Waals surface area contributed by atoms with Gasteiger partial charge in [0.05, 0.1) is 0 Å². The average molecular weight is 223 g/mol. The standard InChI is InChI=1S/C11H21N5/c1-8-14-9(13-7-11(2,3)12)6-10(15-8)16(4)5/h6H,7,12H2,1-5H3,(H,13,14,15). The van der Waals surface area contributed by atoms with Gasteiger partial charge in [-0.3, -0.25) is 0 Å². The van der Waals surface area contributed by atoms with Gasteiger partial charge in [0.15, 0.2) is 0 Å². The number of nitrogens with two attached hydrogens (primary N) is 1. The molecular formula is C11H21N5. The molecule has 0 aromatic carbocycles. The van der Waals surface area contributed by atoms with Crippen molar-refractivity contribution < 1.29 is 0 Å². The molecule has 0 atom stereocenters. The van der Waals surface area contributed by atoms with Gasteiger partial charge in [-0.15, -0.1) is 0 Å². The quantitative estimate of drug-likeness (QED) is 0.797. The predicted molar refractivity (Wildman–Crippen MR) is 67.9 cm³/mol. The van der Waals surface area contributed by atoms with Crippen LogP contribution >= 0.6 is 0 Å². The van der Waals surface area contributed by atoms with Crippen molar-refractivity contribution in [1.82, 2.24) is 9.97 Å². The van der Waals surface area contributed by atoms with Crippen LogP contribution in [-0.4, -0.2) is 36.1 Å². The fourth-order valence-electron chi connectivity index (χ4n) is 1.19. The molecule has 0 fully saturated rings. The van der Waals surface area contributed by atoms with E-state index in [1.54, 1.807) is 0 Å². The summed E-state index contributed by atoms with van der Waals surface area (Å²) in [4.78, 5) is 10.6. The van der Waals surface area contributed by atoms with Crippen LogP contribution in [0.2, 0.25) is 0 Å². The fourth-order valence-corrected chi connectivity index (χ4v) is 1.19. The van der Waals surface area contributed by atoms with Gasteiger partial charge < -0.3 is 16.0 Å². The van der Waals surface area contributed by atoms with Crippen molar-refractivity contribution in [3.05, 3.63) is 11.9 Å². The number of aryl methyl sites for hydroxylation is 1. The normalized spacial score (nSPS) is 11.4. The summed E-state index contributed by atoms with van der Waals surface area (Å²) in [6, 6.07) is 1.92. The molecule has 3 N–H and O–H groups in total. The lowest BCUT2D eigenvalue weighted by Crippen LogP contribution is -2.39. The zero-order chi connectivity index (χ0) is 12.3. The number of rotatable bonds is 4. The van der Waals surface area contributed by atoms with Crippen molar-refractivity contribution in [1.29, 1.82) is 0 Å². The van der Waals surface area contributed by atoms with Crippen molar-refractivity contribution in [3.63, 3.8) is 0 Å². The number of aromatic nitrogens is 2. The van der Waals surface area contributed by atoms with E-state index in [-0.39, 0.29) is 5.54 Å². The first-order chi connectivity index (χ1) is 7.28. The summed E-state index contributed by atoms with van der Waals surface area (Å²) < 4.78 is 0. The van der Waals surface area contributed by atoms with Crippen LogP contribution in [0.15, 0.2) is 6.07 Å². The minimum absolute atomic E-state index is 0.253. The summed E-state index contributed by atoms with van der Waals surface area (Å²) in [5.41, 5.74) is 5.65. The molecule has 0 aliphatic rings.